The Labute approximate surface area is 96.1 Å². The fourth-order valence-electron chi connectivity index (χ4n) is 1.28. The van der Waals surface area contributed by atoms with E-state index in [1.54, 1.807) is 0 Å². The van der Waals surface area contributed by atoms with Gasteiger partial charge < -0.3 is 15.7 Å². The van der Waals surface area contributed by atoms with E-state index in [2.05, 4.69) is 9.97 Å². The molecule has 0 fully saturated rings. The van der Waals surface area contributed by atoms with Crippen molar-refractivity contribution >= 4 is 11.8 Å². The summed E-state index contributed by atoms with van der Waals surface area (Å²) in [7, 11) is 1.51. The SMILES string of the molecule is CC(O)CN(C)c1cc(C(F)(F)F)nc(N)n1. The fourth-order valence-corrected chi connectivity index (χ4v) is 1.28. The molecule has 1 unspecified atom stereocenters. The minimum absolute atomic E-state index is 0.0192. The Balaban J connectivity index is 3.05. The maximum Gasteiger partial charge on any atom is 0.433 e. The van der Waals surface area contributed by atoms with E-state index in [1.807, 2.05) is 0 Å². The second-order valence-corrected chi connectivity index (χ2v) is 3.70. The van der Waals surface area contributed by atoms with E-state index in [0.717, 1.165) is 6.07 Å². The predicted octanol–water partition coefficient (Wildman–Crippen LogP) is 0.895. The number of likely N-dealkylation sites (N-methyl/N-ethyl adjacent to an activating group) is 1. The zero-order valence-electron chi connectivity index (χ0n) is 9.36. The molecule has 0 aliphatic heterocycles. The third kappa shape index (κ3) is 3.74. The van der Waals surface area contributed by atoms with Crippen LogP contribution in [0.25, 0.3) is 0 Å². The summed E-state index contributed by atoms with van der Waals surface area (Å²) in [5, 5.41) is 9.14. The van der Waals surface area contributed by atoms with Gasteiger partial charge >= 0.3 is 6.18 Å². The van der Waals surface area contributed by atoms with Crippen LogP contribution < -0.4 is 10.6 Å². The van der Waals surface area contributed by atoms with E-state index in [4.69, 9.17) is 10.8 Å². The topological polar surface area (TPSA) is 75.3 Å². The number of aliphatic hydroxyl groups excluding tert-OH is 1. The van der Waals surface area contributed by atoms with E-state index in [-0.39, 0.29) is 12.4 Å². The molecular formula is C9H13F3N4O. The first kappa shape index (κ1) is 13.5. The smallest absolute Gasteiger partial charge is 0.392 e. The van der Waals surface area contributed by atoms with Gasteiger partial charge in [-0.25, -0.2) is 4.98 Å². The first-order chi connectivity index (χ1) is 7.70. The summed E-state index contributed by atoms with van der Waals surface area (Å²) in [6.07, 6.45) is -5.26. The number of anilines is 2. The van der Waals surface area contributed by atoms with Crippen LogP contribution in [0.1, 0.15) is 12.6 Å². The number of aromatic nitrogens is 2. The van der Waals surface area contributed by atoms with Gasteiger partial charge in [-0.15, -0.1) is 0 Å². The van der Waals surface area contributed by atoms with Crippen LogP contribution in [0.5, 0.6) is 0 Å². The first-order valence-electron chi connectivity index (χ1n) is 4.81. The highest BCUT2D eigenvalue weighted by Crippen LogP contribution is 2.29. The number of rotatable bonds is 3. The molecular weight excluding hydrogens is 237 g/mol. The summed E-state index contributed by atoms with van der Waals surface area (Å²) in [6.45, 7) is 1.67. The van der Waals surface area contributed by atoms with Crippen molar-refractivity contribution in [3.63, 3.8) is 0 Å². The Hall–Kier alpha value is -1.57. The number of aliphatic hydroxyl groups is 1. The molecule has 1 aromatic heterocycles. The lowest BCUT2D eigenvalue weighted by Crippen LogP contribution is -2.28. The number of hydrogen-bond donors (Lipinski definition) is 2. The summed E-state index contributed by atoms with van der Waals surface area (Å²) < 4.78 is 37.4. The minimum Gasteiger partial charge on any atom is -0.392 e. The Bertz CT molecular complexity index is 394. The van der Waals surface area contributed by atoms with Gasteiger partial charge in [0.2, 0.25) is 5.95 Å². The van der Waals surface area contributed by atoms with E-state index < -0.39 is 23.9 Å². The van der Waals surface area contributed by atoms with E-state index in [0.29, 0.717) is 0 Å². The molecule has 3 N–H and O–H groups in total. The first-order valence-corrected chi connectivity index (χ1v) is 4.81. The van der Waals surface area contributed by atoms with E-state index in [9.17, 15) is 13.2 Å². The van der Waals surface area contributed by atoms with Gasteiger partial charge in [0.1, 0.15) is 5.82 Å². The number of nitrogens with zero attached hydrogens (tertiary/aromatic N) is 3. The second kappa shape index (κ2) is 4.74. The Kier molecular flexibility index (Phi) is 3.76. The van der Waals surface area contributed by atoms with Crippen molar-refractivity contribution in [2.45, 2.75) is 19.2 Å². The van der Waals surface area contributed by atoms with Gasteiger partial charge in [0.05, 0.1) is 6.10 Å². The van der Waals surface area contributed by atoms with Crippen LogP contribution in [0.3, 0.4) is 0 Å². The number of alkyl halides is 3. The maximum atomic E-state index is 12.5. The van der Waals surface area contributed by atoms with Crippen LogP contribution in [-0.4, -0.2) is 34.8 Å². The summed E-state index contributed by atoms with van der Waals surface area (Å²) in [5.74, 6) is -0.432. The van der Waals surface area contributed by atoms with Crippen LogP contribution in [0.15, 0.2) is 6.07 Å². The van der Waals surface area contributed by atoms with Crippen molar-refractivity contribution < 1.29 is 18.3 Å². The molecule has 0 spiro atoms. The number of nitrogen functional groups attached to an aromatic ring is 1. The quantitative estimate of drug-likeness (QED) is 0.833. The Morgan fingerprint density at radius 3 is 2.53 bits per heavy atom. The molecule has 0 aromatic carbocycles. The van der Waals surface area contributed by atoms with Crippen molar-refractivity contribution in [3.8, 4) is 0 Å². The van der Waals surface area contributed by atoms with E-state index >= 15 is 0 Å². The zero-order valence-corrected chi connectivity index (χ0v) is 9.36. The monoisotopic (exact) mass is 250 g/mol. The van der Waals surface area contributed by atoms with E-state index in [1.165, 1.54) is 18.9 Å². The van der Waals surface area contributed by atoms with Gasteiger partial charge in [0, 0.05) is 19.7 Å². The molecule has 5 nitrogen and oxygen atoms in total. The number of nitrogens with two attached hydrogens (primary N) is 1. The highest BCUT2D eigenvalue weighted by atomic mass is 19.4. The molecule has 8 heteroatoms. The van der Waals surface area contributed by atoms with Crippen LogP contribution in [0, 0.1) is 0 Å². The molecule has 0 radical (unpaired) electrons. The molecule has 96 valence electrons. The van der Waals surface area contributed by atoms with Crippen molar-refractivity contribution in [2.75, 3.05) is 24.2 Å². The highest BCUT2D eigenvalue weighted by molar-refractivity contribution is 5.43. The lowest BCUT2D eigenvalue weighted by Gasteiger charge is -2.20. The van der Waals surface area contributed by atoms with Crippen LogP contribution in [0.2, 0.25) is 0 Å². The van der Waals surface area contributed by atoms with Gasteiger partial charge in [-0.3, -0.25) is 0 Å². The highest BCUT2D eigenvalue weighted by Gasteiger charge is 2.33. The molecule has 0 bridgehead atoms. The molecule has 0 aliphatic rings. The normalized spacial score (nSPS) is 13.5. The summed E-state index contributed by atoms with van der Waals surface area (Å²) in [6, 6.07) is 0.790. The lowest BCUT2D eigenvalue weighted by molar-refractivity contribution is -0.141. The minimum atomic E-state index is -4.57. The standard InChI is InChI=1S/C9H13F3N4O/c1-5(17)4-16(2)7-3-6(9(10,11)12)14-8(13)15-7/h3,5,17H,4H2,1-2H3,(H2,13,14,15). The van der Waals surface area contributed by atoms with Crippen LogP contribution in [0.4, 0.5) is 24.9 Å². The van der Waals surface area contributed by atoms with Crippen molar-refractivity contribution in [3.05, 3.63) is 11.8 Å². The predicted molar refractivity (Wildman–Crippen MR) is 56.4 cm³/mol. The molecule has 1 atom stereocenters. The third-order valence-corrected chi connectivity index (χ3v) is 1.95. The molecule has 1 heterocycles. The fraction of sp³-hybridized carbons (Fsp3) is 0.556. The number of hydrogen-bond acceptors (Lipinski definition) is 5. The average Bonchev–Trinajstić information content (AvgIpc) is 2.14. The second-order valence-electron chi connectivity index (χ2n) is 3.70. The summed E-state index contributed by atoms with van der Waals surface area (Å²) in [4.78, 5) is 8.17. The maximum absolute atomic E-state index is 12.5. The molecule has 1 aromatic rings. The Morgan fingerprint density at radius 2 is 2.06 bits per heavy atom. The van der Waals surface area contributed by atoms with Crippen molar-refractivity contribution in [2.24, 2.45) is 0 Å². The van der Waals surface area contributed by atoms with Gasteiger partial charge in [-0.05, 0) is 6.92 Å². The lowest BCUT2D eigenvalue weighted by atomic mass is 10.3. The molecule has 0 amide bonds. The van der Waals surface area contributed by atoms with Gasteiger partial charge in [0.25, 0.3) is 0 Å². The summed E-state index contributed by atoms with van der Waals surface area (Å²) in [5.41, 5.74) is 4.11. The molecule has 0 saturated heterocycles. The van der Waals surface area contributed by atoms with Gasteiger partial charge in [-0.2, -0.15) is 18.2 Å². The third-order valence-electron chi connectivity index (χ3n) is 1.95. The Morgan fingerprint density at radius 1 is 1.47 bits per heavy atom. The molecule has 1 rings (SSSR count). The molecule has 0 aliphatic carbocycles. The summed E-state index contributed by atoms with van der Waals surface area (Å²) >= 11 is 0. The average molecular weight is 250 g/mol. The molecule has 0 saturated carbocycles. The zero-order chi connectivity index (χ0) is 13.2. The van der Waals surface area contributed by atoms with Crippen LogP contribution in [-0.2, 0) is 6.18 Å². The largest absolute Gasteiger partial charge is 0.433 e. The number of halogens is 3. The van der Waals surface area contributed by atoms with Crippen molar-refractivity contribution in [1.82, 2.24) is 9.97 Å². The van der Waals surface area contributed by atoms with Gasteiger partial charge in [0.15, 0.2) is 5.69 Å². The van der Waals surface area contributed by atoms with Gasteiger partial charge in [-0.1, -0.05) is 0 Å². The van der Waals surface area contributed by atoms with Crippen LogP contribution >= 0.6 is 0 Å². The molecule has 17 heavy (non-hydrogen) atoms. The van der Waals surface area contributed by atoms with Crippen molar-refractivity contribution in [1.29, 1.82) is 0 Å².